The third-order valence-electron chi connectivity index (χ3n) is 2.31. The van der Waals surface area contributed by atoms with E-state index in [2.05, 4.69) is 13.8 Å². The molecule has 0 aliphatic carbocycles. The van der Waals surface area contributed by atoms with Gasteiger partial charge in [-0.05, 0) is 38.6 Å². The first-order chi connectivity index (χ1) is 5.22. The van der Waals surface area contributed by atoms with E-state index in [0.29, 0.717) is 12.2 Å². The monoisotopic (exact) mass is 157 g/mol. The highest BCUT2D eigenvalue weighted by Gasteiger charge is 2.23. The SMILES string of the molecule is C[C@@H]1C[C@@H](CCN)O[C@@H](C)C1. The van der Waals surface area contributed by atoms with Gasteiger partial charge in [0.25, 0.3) is 0 Å². The fourth-order valence-corrected chi connectivity index (χ4v) is 1.92. The molecular formula is C9H19NO. The largest absolute Gasteiger partial charge is 0.375 e. The van der Waals surface area contributed by atoms with Crippen LogP contribution in [0.2, 0.25) is 0 Å². The first-order valence-corrected chi connectivity index (χ1v) is 4.58. The highest BCUT2D eigenvalue weighted by molar-refractivity contribution is 4.73. The minimum Gasteiger partial charge on any atom is -0.375 e. The van der Waals surface area contributed by atoms with E-state index < -0.39 is 0 Å². The van der Waals surface area contributed by atoms with E-state index in [1.54, 1.807) is 0 Å². The van der Waals surface area contributed by atoms with Crippen LogP contribution >= 0.6 is 0 Å². The molecule has 66 valence electrons. The molecule has 1 aliphatic rings. The maximum absolute atomic E-state index is 5.72. The minimum atomic E-state index is 0.429. The molecule has 0 saturated carbocycles. The highest BCUT2D eigenvalue weighted by Crippen LogP contribution is 2.25. The zero-order valence-electron chi connectivity index (χ0n) is 7.55. The predicted molar refractivity (Wildman–Crippen MR) is 46.4 cm³/mol. The Balaban J connectivity index is 2.30. The molecule has 0 aromatic carbocycles. The van der Waals surface area contributed by atoms with Crippen LogP contribution in [-0.2, 0) is 4.74 Å². The van der Waals surface area contributed by atoms with Crippen LogP contribution in [0, 0.1) is 5.92 Å². The average Bonchev–Trinajstić information content (AvgIpc) is 1.85. The third-order valence-corrected chi connectivity index (χ3v) is 2.31. The second-order valence-corrected chi connectivity index (χ2v) is 3.72. The Morgan fingerprint density at radius 1 is 1.36 bits per heavy atom. The topological polar surface area (TPSA) is 35.2 Å². The van der Waals surface area contributed by atoms with Gasteiger partial charge >= 0.3 is 0 Å². The number of ether oxygens (including phenoxy) is 1. The van der Waals surface area contributed by atoms with Crippen LogP contribution in [0.5, 0.6) is 0 Å². The molecule has 0 aromatic heterocycles. The summed E-state index contributed by atoms with van der Waals surface area (Å²) < 4.78 is 5.72. The molecule has 0 spiro atoms. The molecule has 2 heteroatoms. The first kappa shape index (κ1) is 9.01. The first-order valence-electron chi connectivity index (χ1n) is 4.58. The van der Waals surface area contributed by atoms with Gasteiger partial charge in [-0.3, -0.25) is 0 Å². The summed E-state index contributed by atoms with van der Waals surface area (Å²) in [5, 5.41) is 0. The summed E-state index contributed by atoms with van der Waals surface area (Å²) in [5.41, 5.74) is 5.47. The molecule has 0 unspecified atom stereocenters. The van der Waals surface area contributed by atoms with Crippen molar-refractivity contribution >= 4 is 0 Å². The number of hydrogen-bond donors (Lipinski definition) is 1. The van der Waals surface area contributed by atoms with Crippen molar-refractivity contribution in [1.29, 1.82) is 0 Å². The number of rotatable bonds is 2. The molecule has 11 heavy (non-hydrogen) atoms. The van der Waals surface area contributed by atoms with Gasteiger partial charge in [-0.15, -0.1) is 0 Å². The summed E-state index contributed by atoms with van der Waals surface area (Å²) >= 11 is 0. The molecule has 1 rings (SSSR count). The molecule has 1 saturated heterocycles. The van der Waals surface area contributed by atoms with Gasteiger partial charge < -0.3 is 10.5 Å². The summed E-state index contributed by atoms with van der Waals surface area (Å²) in [6.07, 6.45) is 4.30. The number of hydrogen-bond acceptors (Lipinski definition) is 2. The van der Waals surface area contributed by atoms with Crippen molar-refractivity contribution in [2.75, 3.05) is 6.54 Å². The van der Waals surface area contributed by atoms with Gasteiger partial charge in [-0.1, -0.05) is 6.92 Å². The van der Waals surface area contributed by atoms with E-state index in [-0.39, 0.29) is 0 Å². The van der Waals surface area contributed by atoms with Crippen LogP contribution in [0.1, 0.15) is 33.1 Å². The molecule has 0 radical (unpaired) electrons. The van der Waals surface area contributed by atoms with Crippen LogP contribution < -0.4 is 5.73 Å². The third kappa shape index (κ3) is 2.80. The minimum absolute atomic E-state index is 0.429. The lowest BCUT2D eigenvalue weighted by atomic mass is 9.93. The van der Waals surface area contributed by atoms with Crippen LogP contribution in [-0.4, -0.2) is 18.8 Å². The van der Waals surface area contributed by atoms with E-state index >= 15 is 0 Å². The highest BCUT2D eigenvalue weighted by atomic mass is 16.5. The fourth-order valence-electron chi connectivity index (χ4n) is 1.92. The molecule has 2 nitrogen and oxygen atoms in total. The summed E-state index contributed by atoms with van der Waals surface area (Å²) in [5.74, 6) is 0.815. The Labute approximate surface area is 69.1 Å². The Bertz CT molecular complexity index is 106. The second kappa shape index (κ2) is 4.07. The molecule has 3 atom stereocenters. The zero-order chi connectivity index (χ0) is 8.27. The smallest absolute Gasteiger partial charge is 0.0593 e. The standard InChI is InChI=1S/C9H19NO/c1-7-5-8(2)11-9(6-7)3-4-10/h7-9H,3-6,10H2,1-2H3/t7-,8-,9+/m0/s1. The fraction of sp³-hybridized carbons (Fsp3) is 1.00. The summed E-state index contributed by atoms with van der Waals surface area (Å²) in [4.78, 5) is 0. The zero-order valence-corrected chi connectivity index (χ0v) is 7.55. The lowest BCUT2D eigenvalue weighted by Gasteiger charge is -2.31. The molecule has 2 N–H and O–H groups in total. The van der Waals surface area contributed by atoms with E-state index in [1.165, 1.54) is 12.8 Å². The molecule has 1 aliphatic heterocycles. The Hall–Kier alpha value is -0.0800. The van der Waals surface area contributed by atoms with E-state index in [1.807, 2.05) is 0 Å². The van der Waals surface area contributed by atoms with Gasteiger partial charge in [0.05, 0.1) is 12.2 Å². The quantitative estimate of drug-likeness (QED) is 0.660. The van der Waals surface area contributed by atoms with Crippen molar-refractivity contribution in [3.05, 3.63) is 0 Å². The maximum atomic E-state index is 5.72. The van der Waals surface area contributed by atoms with Crippen LogP contribution in [0.3, 0.4) is 0 Å². The van der Waals surface area contributed by atoms with Gasteiger partial charge in [0.15, 0.2) is 0 Å². The Morgan fingerprint density at radius 2 is 2.09 bits per heavy atom. The van der Waals surface area contributed by atoms with E-state index in [9.17, 15) is 0 Å². The van der Waals surface area contributed by atoms with Crippen LogP contribution in [0.25, 0.3) is 0 Å². The summed E-state index contributed by atoms with van der Waals surface area (Å²) in [7, 11) is 0. The average molecular weight is 157 g/mol. The van der Waals surface area contributed by atoms with Crippen molar-refractivity contribution in [2.45, 2.75) is 45.3 Å². The molecule has 1 fully saturated rings. The molecular weight excluding hydrogens is 138 g/mol. The molecule has 1 heterocycles. The van der Waals surface area contributed by atoms with Crippen molar-refractivity contribution in [2.24, 2.45) is 11.7 Å². The number of nitrogens with two attached hydrogens (primary N) is 1. The normalized spacial score (nSPS) is 39.0. The molecule has 0 aromatic rings. The van der Waals surface area contributed by atoms with Gasteiger partial charge in [-0.25, -0.2) is 0 Å². The summed E-state index contributed by atoms with van der Waals surface area (Å²) in [6.45, 7) is 5.20. The van der Waals surface area contributed by atoms with Crippen LogP contribution in [0.4, 0.5) is 0 Å². The lowest BCUT2D eigenvalue weighted by molar-refractivity contribution is -0.0603. The van der Waals surface area contributed by atoms with E-state index in [0.717, 1.165) is 18.9 Å². The maximum Gasteiger partial charge on any atom is 0.0593 e. The van der Waals surface area contributed by atoms with Gasteiger partial charge in [0.2, 0.25) is 0 Å². The van der Waals surface area contributed by atoms with Crippen LogP contribution in [0.15, 0.2) is 0 Å². The van der Waals surface area contributed by atoms with Gasteiger partial charge in [0.1, 0.15) is 0 Å². The van der Waals surface area contributed by atoms with Crippen molar-refractivity contribution in [3.63, 3.8) is 0 Å². The second-order valence-electron chi connectivity index (χ2n) is 3.72. The van der Waals surface area contributed by atoms with Gasteiger partial charge in [0, 0.05) is 0 Å². The van der Waals surface area contributed by atoms with Crippen molar-refractivity contribution < 1.29 is 4.74 Å². The summed E-state index contributed by atoms with van der Waals surface area (Å²) in [6, 6.07) is 0. The Kier molecular flexibility index (Phi) is 3.34. The Morgan fingerprint density at radius 3 is 2.64 bits per heavy atom. The van der Waals surface area contributed by atoms with Crippen molar-refractivity contribution in [1.82, 2.24) is 0 Å². The molecule has 0 bridgehead atoms. The molecule has 0 amide bonds. The van der Waals surface area contributed by atoms with E-state index in [4.69, 9.17) is 10.5 Å². The predicted octanol–water partition coefficient (Wildman–Crippen LogP) is 1.54. The lowest BCUT2D eigenvalue weighted by Crippen LogP contribution is -2.31. The van der Waals surface area contributed by atoms with Gasteiger partial charge in [-0.2, -0.15) is 0 Å². The van der Waals surface area contributed by atoms with Crippen molar-refractivity contribution in [3.8, 4) is 0 Å².